The lowest BCUT2D eigenvalue weighted by atomic mass is 9.97. The molecule has 6 heteroatoms. The Labute approximate surface area is 154 Å². The summed E-state index contributed by atoms with van der Waals surface area (Å²) in [7, 11) is 1.57. The van der Waals surface area contributed by atoms with E-state index in [2.05, 4.69) is 0 Å². The fourth-order valence-electron chi connectivity index (χ4n) is 2.38. The highest BCUT2D eigenvalue weighted by molar-refractivity contribution is 5.89. The second-order valence-electron chi connectivity index (χ2n) is 6.72. The summed E-state index contributed by atoms with van der Waals surface area (Å²) in [6.07, 6.45) is 1.69. The summed E-state index contributed by atoms with van der Waals surface area (Å²) in [5.74, 6) is 0.0590. The van der Waals surface area contributed by atoms with Gasteiger partial charge in [0.25, 0.3) is 0 Å². The quantitative estimate of drug-likeness (QED) is 0.321. The van der Waals surface area contributed by atoms with Crippen LogP contribution in [0.2, 0.25) is 0 Å². The van der Waals surface area contributed by atoms with Gasteiger partial charge in [0.1, 0.15) is 18.1 Å². The van der Waals surface area contributed by atoms with Gasteiger partial charge in [-0.05, 0) is 38.5 Å². The van der Waals surface area contributed by atoms with Crippen molar-refractivity contribution in [2.45, 2.75) is 40.2 Å². The van der Waals surface area contributed by atoms with E-state index in [0.717, 1.165) is 5.56 Å². The Hall–Kier alpha value is -2.34. The lowest BCUT2D eigenvalue weighted by Crippen LogP contribution is -2.24. The first-order valence-electron chi connectivity index (χ1n) is 8.59. The molecule has 0 saturated carbocycles. The Balaban J connectivity index is 2.36. The van der Waals surface area contributed by atoms with Gasteiger partial charge in [-0.25, -0.2) is 4.79 Å². The van der Waals surface area contributed by atoms with E-state index in [1.807, 2.05) is 6.92 Å². The number of hydrogen-bond acceptors (Lipinski definition) is 6. The van der Waals surface area contributed by atoms with E-state index in [-0.39, 0.29) is 18.5 Å². The number of aryl methyl sites for hydroxylation is 1. The number of ether oxygens (including phenoxy) is 4. The lowest BCUT2D eigenvalue weighted by Gasteiger charge is -2.19. The van der Waals surface area contributed by atoms with Crippen molar-refractivity contribution in [1.82, 2.24) is 0 Å². The Morgan fingerprint density at radius 2 is 1.96 bits per heavy atom. The molecular weight excluding hydrogens is 336 g/mol. The molecule has 1 aromatic rings. The van der Waals surface area contributed by atoms with Gasteiger partial charge in [0.05, 0.1) is 19.6 Å². The van der Waals surface area contributed by atoms with E-state index < -0.39 is 11.6 Å². The topological polar surface area (TPSA) is 74.4 Å². The van der Waals surface area contributed by atoms with Gasteiger partial charge in [-0.1, -0.05) is 19.9 Å². The molecule has 1 aliphatic heterocycles. The molecule has 26 heavy (non-hydrogen) atoms. The van der Waals surface area contributed by atoms with Crippen molar-refractivity contribution in [3.05, 3.63) is 34.9 Å². The molecule has 6 nitrogen and oxygen atoms in total. The Morgan fingerprint density at radius 3 is 2.46 bits per heavy atom. The molecular formula is C20H26O6. The first-order valence-corrected chi connectivity index (χ1v) is 8.59. The van der Waals surface area contributed by atoms with Crippen LogP contribution in [-0.4, -0.2) is 32.3 Å². The lowest BCUT2D eigenvalue weighted by molar-refractivity contribution is -0.149. The monoisotopic (exact) mass is 362 g/mol. The van der Waals surface area contributed by atoms with Crippen LogP contribution >= 0.6 is 0 Å². The molecule has 2 rings (SSSR count). The molecule has 0 aliphatic carbocycles. The molecule has 1 aromatic carbocycles. The molecule has 0 amide bonds. The number of methoxy groups -OCH3 is 1. The highest BCUT2D eigenvalue weighted by atomic mass is 16.6. The summed E-state index contributed by atoms with van der Waals surface area (Å²) in [6.45, 7) is 9.29. The first kappa shape index (κ1) is 20.0. The van der Waals surface area contributed by atoms with Crippen LogP contribution in [0.15, 0.2) is 23.8 Å². The maximum absolute atomic E-state index is 12.2. The standard InChI is InChI=1S/C20H26O6/c1-7-13(4)19(22)26-17-8-14(5)16(23-6)9-15(17)20(11-25-20)10-24-18(21)12(2)3/h7-9,12H,10-11H2,1-6H3. The van der Waals surface area contributed by atoms with E-state index in [1.165, 1.54) is 0 Å². The Kier molecular flexibility index (Phi) is 6.08. The molecule has 0 N–H and O–H groups in total. The molecule has 1 heterocycles. The van der Waals surface area contributed by atoms with Gasteiger partial charge in [-0.15, -0.1) is 0 Å². The molecule has 1 fully saturated rings. The van der Waals surface area contributed by atoms with Gasteiger partial charge in [0.15, 0.2) is 5.60 Å². The van der Waals surface area contributed by atoms with E-state index in [0.29, 0.717) is 29.2 Å². The van der Waals surface area contributed by atoms with Crippen molar-refractivity contribution in [3.63, 3.8) is 0 Å². The predicted octanol–water partition coefficient (Wildman–Crippen LogP) is 3.30. The third-order valence-electron chi connectivity index (χ3n) is 4.36. The van der Waals surface area contributed by atoms with Crippen LogP contribution in [0.5, 0.6) is 11.5 Å². The van der Waals surface area contributed by atoms with Crippen LogP contribution in [0.3, 0.4) is 0 Å². The highest BCUT2D eigenvalue weighted by Crippen LogP contribution is 2.46. The molecule has 1 unspecified atom stereocenters. The summed E-state index contributed by atoms with van der Waals surface area (Å²) in [5.41, 5.74) is 1.15. The van der Waals surface area contributed by atoms with Crippen LogP contribution in [-0.2, 0) is 24.7 Å². The van der Waals surface area contributed by atoms with Crippen molar-refractivity contribution < 1.29 is 28.5 Å². The molecule has 0 aromatic heterocycles. The van der Waals surface area contributed by atoms with Gasteiger partial charge >= 0.3 is 11.9 Å². The summed E-state index contributed by atoms with van der Waals surface area (Å²) < 4.78 is 21.9. The number of epoxide rings is 1. The second kappa shape index (κ2) is 7.91. The van der Waals surface area contributed by atoms with Crippen LogP contribution < -0.4 is 9.47 Å². The first-order chi connectivity index (χ1) is 12.2. The minimum absolute atomic E-state index is 0.0589. The van der Waals surface area contributed by atoms with Crippen molar-refractivity contribution in [2.24, 2.45) is 5.92 Å². The fourth-order valence-corrected chi connectivity index (χ4v) is 2.38. The summed E-state index contributed by atoms with van der Waals surface area (Å²) >= 11 is 0. The molecule has 1 aliphatic rings. The Morgan fingerprint density at radius 1 is 1.31 bits per heavy atom. The number of esters is 2. The highest BCUT2D eigenvalue weighted by Gasteiger charge is 2.50. The SMILES string of the molecule is CC=C(C)C(=O)Oc1cc(C)c(OC)cc1C1(COC(=O)C(C)C)CO1. The number of carbonyl (C=O) groups excluding carboxylic acids is 2. The summed E-state index contributed by atoms with van der Waals surface area (Å²) in [5, 5.41) is 0. The third kappa shape index (κ3) is 4.25. The average molecular weight is 362 g/mol. The van der Waals surface area contributed by atoms with Crippen LogP contribution in [0, 0.1) is 12.8 Å². The van der Waals surface area contributed by atoms with Gasteiger partial charge in [0.2, 0.25) is 0 Å². The smallest absolute Gasteiger partial charge is 0.338 e. The number of benzene rings is 1. The number of rotatable bonds is 7. The van der Waals surface area contributed by atoms with E-state index >= 15 is 0 Å². The zero-order valence-corrected chi connectivity index (χ0v) is 16.2. The van der Waals surface area contributed by atoms with Gasteiger partial charge in [-0.3, -0.25) is 4.79 Å². The summed E-state index contributed by atoms with van der Waals surface area (Å²) in [6, 6.07) is 3.52. The summed E-state index contributed by atoms with van der Waals surface area (Å²) in [4.78, 5) is 24.0. The van der Waals surface area contributed by atoms with Gasteiger partial charge < -0.3 is 18.9 Å². The molecule has 1 atom stereocenters. The van der Waals surface area contributed by atoms with Crippen molar-refractivity contribution >= 4 is 11.9 Å². The maximum atomic E-state index is 12.2. The minimum atomic E-state index is -0.815. The molecule has 142 valence electrons. The molecule has 0 spiro atoms. The zero-order chi connectivity index (χ0) is 19.5. The number of carbonyl (C=O) groups is 2. The van der Waals surface area contributed by atoms with Crippen molar-refractivity contribution in [3.8, 4) is 11.5 Å². The maximum Gasteiger partial charge on any atom is 0.338 e. The third-order valence-corrected chi connectivity index (χ3v) is 4.36. The second-order valence-corrected chi connectivity index (χ2v) is 6.72. The van der Waals surface area contributed by atoms with Crippen LogP contribution in [0.4, 0.5) is 0 Å². The van der Waals surface area contributed by atoms with Crippen molar-refractivity contribution in [2.75, 3.05) is 20.3 Å². The predicted molar refractivity (Wildman–Crippen MR) is 96.2 cm³/mol. The fraction of sp³-hybridized carbons (Fsp3) is 0.500. The van der Waals surface area contributed by atoms with Gasteiger partial charge in [-0.2, -0.15) is 0 Å². The van der Waals surface area contributed by atoms with Gasteiger partial charge in [0, 0.05) is 11.1 Å². The molecule has 0 radical (unpaired) electrons. The van der Waals surface area contributed by atoms with Crippen LogP contribution in [0.1, 0.15) is 38.8 Å². The van der Waals surface area contributed by atoms with E-state index in [9.17, 15) is 9.59 Å². The molecule has 0 bridgehead atoms. The average Bonchev–Trinajstić information content (AvgIpc) is 3.39. The van der Waals surface area contributed by atoms with E-state index in [1.54, 1.807) is 53.0 Å². The van der Waals surface area contributed by atoms with Crippen molar-refractivity contribution in [1.29, 1.82) is 0 Å². The Bertz CT molecular complexity index is 728. The zero-order valence-electron chi connectivity index (χ0n) is 16.2. The van der Waals surface area contributed by atoms with Crippen LogP contribution in [0.25, 0.3) is 0 Å². The van der Waals surface area contributed by atoms with E-state index in [4.69, 9.17) is 18.9 Å². The minimum Gasteiger partial charge on any atom is -0.496 e. The number of hydrogen-bond donors (Lipinski definition) is 0. The largest absolute Gasteiger partial charge is 0.496 e. The normalized spacial score (nSPS) is 19.3. The molecule has 1 saturated heterocycles. The number of allylic oxidation sites excluding steroid dienone is 1.